The van der Waals surface area contributed by atoms with Crippen LogP contribution in [0.25, 0.3) is 0 Å². The van der Waals surface area contributed by atoms with Crippen LogP contribution in [-0.2, 0) is 0 Å². The molecule has 0 aliphatic carbocycles. The highest BCUT2D eigenvalue weighted by atomic mass is 16.5. The van der Waals surface area contributed by atoms with Gasteiger partial charge in [0.05, 0.1) is 19.9 Å². The third kappa shape index (κ3) is 5.47. The van der Waals surface area contributed by atoms with E-state index in [9.17, 15) is 0 Å². The van der Waals surface area contributed by atoms with E-state index in [1.54, 1.807) is 13.3 Å². The molecule has 2 aromatic carbocycles. The first kappa shape index (κ1) is 19.2. The first-order chi connectivity index (χ1) is 13.6. The van der Waals surface area contributed by atoms with E-state index in [1.807, 2.05) is 67.5 Å². The molecule has 146 valence electrons. The summed E-state index contributed by atoms with van der Waals surface area (Å²) in [5.41, 5.74) is 2.06. The van der Waals surface area contributed by atoms with E-state index in [4.69, 9.17) is 9.47 Å². The second kappa shape index (κ2) is 9.40. The van der Waals surface area contributed by atoms with Crippen LogP contribution in [0.2, 0.25) is 0 Å². The standard InChI is InChI=1S/C20H24N6O2/c1-26(2)16-6-4-15(5-7-16)23-19-14-22-25-20(24-19)21-12-13-28-18-10-8-17(27-3)9-11-18/h4-11,14H,12-13H2,1-3H3,(H2,21,23,24,25). The lowest BCUT2D eigenvalue weighted by Crippen LogP contribution is -2.14. The number of aromatic nitrogens is 3. The van der Waals surface area contributed by atoms with Gasteiger partial charge in [0, 0.05) is 25.5 Å². The zero-order valence-corrected chi connectivity index (χ0v) is 16.2. The summed E-state index contributed by atoms with van der Waals surface area (Å²) in [7, 11) is 5.65. The predicted molar refractivity (Wildman–Crippen MR) is 111 cm³/mol. The Hall–Kier alpha value is -3.55. The van der Waals surface area contributed by atoms with Crippen molar-refractivity contribution in [2.45, 2.75) is 0 Å². The fourth-order valence-electron chi connectivity index (χ4n) is 2.43. The summed E-state index contributed by atoms with van der Waals surface area (Å²) in [6.07, 6.45) is 1.58. The van der Waals surface area contributed by atoms with Gasteiger partial charge in [-0.1, -0.05) is 0 Å². The Morgan fingerprint density at radius 1 is 0.964 bits per heavy atom. The van der Waals surface area contributed by atoms with Crippen LogP contribution in [0, 0.1) is 0 Å². The zero-order chi connectivity index (χ0) is 19.8. The average Bonchev–Trinajstić information content (AvgIpc) is 2.72. The van der Waals surface area contributed by atoms with Crippen molar-refractivity contribution in [1.29, 1.82) is 0 Å². The molecule has 0 bridgehead atoms. The number of nitrogens with zero attached hydrogens (tertiary/aromatic N) is 4. The number of hydrogen-bond acceptors (Lipinski definition) is 8. The van der Waals surface area contributed by atoms with Crippen LogP contribution in [0.5, 0.6) is 11.5 Å². The second-order valence-electron chi connectivity index (χ2n) is 6.18. The van der Waals surface area contributed by atoms with Crippen molar-refractivity contribution in [2.24, 2.45) is 0 Å². The van der Waals surface area contributed by atoms with Crippen LogP contribution in [0.15, 0.2) is 54.7 Å². The van der Waals surface area contributed by atoms with Crippen LogP contribution in [0.3, 0.4) is 0 Å². The number of ether oxygens (including phenoxy) is 2. The first-order valence-electron chi connectivity index (χ1n) is 8.89. The molecule has 0 fully saturated rings. The minimum Gasteiger partial charge on any atom is -0.497 e. The van der Waals surface area contributed by atoms with E-state index in [1.165, 1.54) is 0 Å². The topological polar surface area (TPSA) is 84.4 Å². The Balaban J connectivity index is 1.48. The molecule has 0 aliphatic rings. The fourth-order valence-corrected chi connectivity index (χ4v) is 2.43. The SMILES string of the molecule is COc1ccc(OCCNc2nncc(Nc3ccc(N(C)C)cc3)n2)cc1. The van der Waals surface area contributed by atoms with Gasteiger partial charge in [-0.3, -0.25) is 0 Å². The lowest BCUT2D eigenvalue weighted by molar-refractivity contribution is 0.331. The summed E-state index contributed by atoms with van der Waals surface area (Å²) < 4.78 is 10.8. The third-order valence-corrected chi connectivity index (χ3v) is 3.93. The molecule has 8 heteroatoms. The molecule has 0 unspecified atom stereocenters. The quantitative estimate of drug-likeness (QED) is 0.548. The molecule has 0 saturated heterocycles. The lowest BCUT2D eigenvalue weighted by Gasteiger charge is -2.13. The highest BCUT2D eigenvalue weighted by Gasteiger charge is 2.02. The smallest absolute Gasteiger partial charge is 0.244 e. The van der Waals surface area contributed by atoms with E-state index in [-0.39, 0.29) is 0 Å². The molecule has 3 aromatic rings. The summed E-state index contributed by atoms with van der Waals surface area (Å²) in [6, 6.07) is 15.5. The monoisotopic (exact) mass is 380 g/mol. The van der Waals surface area contributed by atoms with Gasteiger partial charge in [0.15, 0.2) is 5.82 Å². The normalized spacial score (nSPS) is 10.2. The summed E-state index contributed by atoms with van der Waals surface area (Å²) in [6.45, 7) is 1.02. The zero-order valence-electron chi connectivity index (χ0n) is 16.2. The van der Waals surface area contributed by atoms with E-state index < -0.39 is 0 Å². The number of methoxy groups -OCH3 is 1. The Kier molecular flexibility index (Phi) is 6.46. The van der Waals surface area contributed by atoms with Gasteiger partial charge in [0.1, 0.15) is 18.1 Å². The van der Waals surface area contributed by atoms with Crippen LogP contribution >= 0.6 is 0 Å². The Bertz CT molecular complexity index is 869. The van der Waals surface area contributed by atoms with Crippen molar-refractivity contribution in [3.63, 3.8) is 0 Å². The van der Waals surface area contributed by atoms with E-state index in [0.717, 1.165) is 22.9 Å². The summed E-state index contributed by atoms with van der Waals surface area (Å²) in [4.78, 5) is 6.46. The summed E-state index contributed by atoms with van der Waals surface area (Å²) >= 11 is 0. The van der Waals surface area contributed by atoms with E-state index in [0.29, 0.717) is 24.9 Å². The number of hydrogen-bond donors (Lipinski definition) is 2. The molecule has 1 aromatic heterocycles. The van der Waals surface area contributed by atoms with Gasteiger partial charge in [-0.15, -0.1) is 5.10 Å². The fraction of sp³-hybridized carbons (Fsp3) is 0.250. The molecule has 2 N–H and O–H groups in total. The van der Waals surface area contributed by atoms with E-state index in [2.05, 4.69) is 25.8 Å². The van der Waals surface area contributed by atoms with Crippen LogP contribution in [0.4, 0.5) is 23.1 Å². The highest BCUT2D eigenvalue weighted by Crippen LogP contribution is 2.19. The molecule has 8 nitrogen and oxygen atoms in total. The van der Waals surface area contributed by atoms with Crippen molar-refractivity contribution >= 4 is 23.1 Å². The van der Waals surface area contributed by atoms with Gasteiger partial charge in [-0.2, -0.15) is 10.1 Å². The summed E-state index contributed by atoms with van der Waals surface area (Å²) in [5.74, 6) is 2.63. The molecule has 0 saturated carbocycles. The molecule has 0 radical (unpaired) electrons. The van der Waals surface area contributed by atoms with Crippen molar-refractivity contribution in [1.82, 2.24) is 15.2 Å². The van der Waals surface area contributed by atoms with Crippen molar-refractivity contribution < 1.29 is 9.47 Å². The van der Waals surface area contributed by atoms with Crippen LogP contribution < -0.4 is 25.0 Å². The molecule has 0 spiro atoms. The van der Waals surface area contributed by atoms with Crippen molar-refractivity contribution in [3.8, 4) is 11.5 Å². The maximum Gasteiger partial charge on any atom is 0.244 e. The van der Waals surface area contributed by atoms with Gasteiger partial charge in [-0.05, 0) is 48.5 Å². The van der Waals surface area contributed by atoms with Gasteiger partial charge >= 0.3 is 0 Å². The molecular weight excluding hydrogens is 356 g/mol. The molecule has 28 heavy (non-hydrogen) atoms. The van der Waals surface area contributed by atoms with Crippen molar-refractivity contribution in [2.75, 3.05) is 49.9 Å². The lowest BCUT2D eigenvalue weighted by atomic mass is 10.2. The van der Waals surface area contributed by atoms with Crippen LogP contribution in [-0.4, -0.2) is 49.5 Å². The molecule has 0 aliphatic heterocycles. The molecule has 1 heterocycles. The second-order valence-corrected chi connectivity index (χ2v) is 6.18. The minimum absolute atomic E-state index is 0.438. The maximum absolute atomic E-state index is 5.67. The predicted octanol–water partition coefficient (Wildman–Crippen LogP) is 3.18. The number of rotatable bonds is 9. The average molecular weight is 380 g/mol. The maximum atomic E-state index is 5.67. The Labute approximate surface area is 164 Å². The van der Waals surface area contributed by atoms with Gasteiger partial charge < -0.3 is 25.0 Å². The van der Waals surface area contributed by atoms with Gasteiger partial charge in [-0.25, -0.2) is 0 Å². The minimum atomic E-state index is 0.438. The van der Waals surface area contributed by atoms with Gasteiger partial charge in [0.25, 0.3) is 0 Å². The summed E-state index contributed by atoms with van der Waals surface area (Å²) in [5, 5.41) is 14.3. The Morgan fingerprint density at radius 3 is 2.36 bits per heavy atom. The van der Waals surface area contributed by atoms with Gasteiger partial charge in [0.2, 0.25) is 5.95 Å². The first-order valence-corrected chi connectivity index (χ1v) is 8.89. The van der Waals surface area contributed by atoms with E-state index >= 15 is 0 Å². The van der Waals surface area contributed by atoms with Crippen LogP contribution in [0.1, 0.15) is 0 Å². The number of nitrogens with one attached hydrogen (secondary N) is 2. The molecule has 0 amide bonds. The number of anilines is 4. The molecule has 3 rings (SSSR count). The molecule has 0 atom stereocenters. The number of benzene rings is 2. The third-order valence-electron chi connectivity index (χ3n) is 3.93. The van der Waals surface area contributed by atoms with Crippen molar-refractivity contribution in [3.05, 3.63) is 54.7 Å². The highest BCUT2D eigenvalue weighted by molar-refractivity contribution is 5.60. The molecular formula is C20H24N6O2. The Morgan fingerprint density at radius 2 is 1.68 bits per heavy atom. The largest absolute Gasteiger partial charge is 0.497 e.